The number of nitrogens with one attached hydrogen (secondary N) is 4. The van der Waals surface area contributed by atoms with Gasteiger partial charge in [-0.2, -0.15) is 0 Å². The number of carbonyl (C=O) groups is 2. The number of hydrogen-bond donors (Lipinski definition) is 4. The lowest BCUT2D eigenvalue weighted by atomic mass is 10.2. The Morgan fingerprint density at radius 2 is 1.59 bits per heavy atom. The summed E-state index contributed by atoms with van der Waals surface area (Å²) in [4.78, 5) is 42.5. The molecule has 3 aromatic rings. The molecular weight excluding hydrogens is 442 g/mol. The topological polar surface area (TPSA) is 160 Å². The second-order valence-corrected chi connectivity index (χ2v) is 6.42. The highest BCUT2D eigenvalue weighted by molar-refractivity contribution is 6.33. The third-order valence-electron chi connectivity index (χ3n) is 3.85. The lowest BCUT2D eigenvalue weighted by molar-refractivity contribution is -0.383. The minimum absolute atomic E-state index is 0.155. The van der Waals surface area contributed by atoms with Gasteiger partial charge in [-0.05, 0) is 24.3 Å². The minimum atomic E-state index is -0.779. The lowest BCUT2D eigenvalue weighted by Crippen LogP contribution is -2.34. The molecule has 0 aliphatic rings. The van der Waals surface area contributed by atoms with Gasteiger partial charge in [0.2, 0.25) is 11.6 Å². The highest BCUT2D eigenvalue weighted by atomic mass is 35.5. The summed E-state index contributed by atoms with van der Waals surface area (Å²) in [6.07, 6.45) is 1.01. The van der Waals surface area contributed by atoms with Crippen LogP contribution in [0.2, 0.25) is 5.02 Å². The van der Waals surface area contributed by atoms with Gasteiger partial charge in [0.05, 0.1) is 15.5 Å². The first-order chi connectivity index (χ1) is 15.5. The van der Waals surface area contributed by atoms with Crippen molar-refractivity contribution in [2.75, 3.05) is 17.5 Å². The molecule has 2 aromatic carbocycles. The van der Waals surface area contributed by atoms with Crippen LogP contribution in [-0.2, 0) is 4.79 Å². The number of benzene rings is 2. The molecule has 32 heavy (non-hydrogen) atoms. The summed E-state index contributed by atoms with van der Waals surface area (Å²) in [5, 5.41) is 11.7. The van der Waals surface area contributed by atoms with Crippen LogP contribution in [0.3, 0.4) is 0 Å². The number of aromatic nitrogens is 2. The van der Waals surface area contributed by atoms with E-state index in [1.165, 1.54) is 12.1 Å². The Morgan fingerprint density at radius 3 is 2.25 bits per heavy atom. The van der Waals surface area contributed by atoms with E-state index in [9.17, 15) is 19.7 Å². The number of anilines is 2. The van der Waals surface area contributed by atoms with E-state index in [0.29, 0.717) is 5.75 Å². The van der Waals surface area contributed by atoms with Crippen LogP contribution < -0.4 is 26.4 Å². The second kappa shape index (κ2) is 10.5. The van der Waals surface area contributed by atoms with Gasteiger partial charge in [-0.3, -0.25) is 41.4 Å². The summed E-state index contributed by atoms with van der Waals surface area (Å²) < 4.78 is 5.28. The van der Waals surface area contributed by atoms with Crippen molar-refractivity contribution in [1.29, 1.82) is 0 Å². The summed E-state index contributed by atoms with van der Waals surface area (Å²) in [6, 6.07) is 14.9. The van der Waals surface area contributed by atoms with Crippen molar-refractivity contribution in [1.82, 2.24) is 20.8 Å². The molecule has 0 spiro atoms. The largest absolute Gasteiger partial charge is 0.484 e. The fourth-order valence-corrected chi connectivity index (χ4v) is 2.62. The van der Waals surface area contributed by atoms with Crippen LogP contribution in [0.25, 0.3) is 0 Å². The molecule has 2 amide bonds. The van der Waals surface area contributed by atoms with Crippen LogP contribution in [0.1, 0.15) is 10.4 Å². The highest BCUT2D eigenvalue weighted by Gasteiger charge is 2.24. The predicted molar refractivity (Wildman–Crippen MR) is 115 cm³/mol. The number of hydrogen-bond acceptors (Lipinski definition) is 9. The maximum Gasteiger partial charge on any atom is 0.356 e. The Labute approximate surface area is 186 Å². The molecule has 4 N–H and O–H groups in total. The molecule has 3 rings (SSSR count). The fourth-order valence-electron chi connectivity index (χ4n) is 2.39. The van der Waals surface area contributed by atoms with Gasteiger partial charge >= 0.3 is 5.69 Å². The van der Waals surface area contributed by atoms with E-state index in [-0.39, 0.29) is 28.8 Å². The Kier molecular flexibility index (Phi) is 7.33. The highest BCUT2D eigenvalue weighted by Crippen LogP contribution is 2.27. The number of amides is 2. The lowest BCUT2D eigenvalue weighted by Gasteiger charge is -2.12. The molecule has 0 radical (unpaired) electrons. The maximum atomic E-state index is 12.3. The van der Waals surface area contributed by atoms with Crippen LogP contribution >= 0.6 is 11.6 Å². The van der Waals surface area contributed by atoms with Crippen LogP contribution in [0.5, 0.6) is 5.75 Å². The SMILES string of the molecule is O=C(COc1ccccc1)NNc1ncnc(NNC(=O)c2ccccc2Cl)c1[N+](=O)[O-]. The average Bonchev–Trinajstić information content (AvgIpc) is 2.80. The standard InChI is InChI=1S/C19H16ClN7O5/c20-14-9-5-4-8-13(14)19(29)26-25-18-16(27(30)31)17(21-11-22-18)24-23-15(28)10-32-12-6-2-1-3-7-12/h1-9,11H,10H2,(H,23,28)(H,26,29)(H2,21,22,24,25). The number of rotatable bonds is 9. The molecule has 13 heteroatoms. The van der Waals surface area contributed by atoms with Gasteiger partial charge in [0.15, 0.2) is 6.61 Å². The molecule has 1 aromatic heterocycles. The first-order valence-electron chi connectivity index (χ1n) is 8.98. The van der Waals surface area contributed by atoms with Gasteiger partial charge in [-0.25, -0.2) is 9.97 Å². The van der Waals surface area contributed by atoms with Crippen molar-refractivity contribution in [3.8, 4) is 5.75 Å². The zero-order valence-corrected chi connectivity index (χ0v) is 17.0. The summed E-state index contributed by atoms with van der Waals surface area (Å²) >= 11 is 5.96. The zero-order chi connectivity index (χ0) is 22.9. The monoisotopic (exact) mass is 457 g/mol. The van der Waals surface area contributed by atoms with E-state index in [4.69, 9.17) is 16.3 Å². The Bertz CT molecular complexity index is 1130. The fraction of sp³-hybridized carbons (Fsp3) is 0.0526. The van der Waals surface area contributed by atoms with E-state index in [1.54, 1.807) is 42.5 Å². The predicted octanol–water partition coefficient (Wildman–Crippen LogP) is 2.32. The number of nitro groups is 1. The zero-order valence-electron chi connectivity index (χ0n) is 16.2. The number of carbonyl (C=O) groups excluding carboxylic acids is 2. The Balaban J connectivity index is 1.64. The quantitative estimate of drug-likeness (QED) is 0.279. The molecule has 12 nitrogen and oxygen atoms in total. The number of hydrazine groups is 2. The normalized spacial score (nSPS) is 10.0. The molecule has 0 saturated heterocycles. The van der Waals surface area contributed by atoms with E-state index in [0.717, 1.165) is 6.33 Å². The van der Waals surface area contributed by atoms with Crippen molar-refractivity contribution in [2.45, 2.75) is 0 Å². The van der Waals surface area contributed by atoms with Gasteiger partial charge in [0.25, 0.3) is 11.8 Å². The molecular formula is C19H16ClN7O5. The first kappa shape index (κ1) is 22.2. The van der Waals surface area contributed by atoms with Crippen LogP contribution in [0.15, 0.2) is 60.9 Å². The molecule has 1 heterocycles. The van der Waals surface area contributed by atoms with Gasteiger partial charge in [0.1, 0.15) is 12.1 Å². The Hall–Kier alpha value is -4.45. The van der Waals surface area contributed by atoms with Gasteiger partial charge in [0, 0.05) is 0 Å². The first-order valence-corrected chi connectivity index (χ1v) is 9.36. The number of nitrogens with zero attached hydrogens (tertiary/aromatic N) is 3. The summed E-state index contributed by atoms with van der Waals surface area (Å²) in [7, 11) is 0. The molecule has 0 fully saturated rings. The number of ether oxygens (including phenoxy) is 1. The molecule has 0 atom stereocenters. The van der Waals surface area contributed by atoms with Crippen LogP contribution in [0, 0.1) is 10.1 Å². The van der Waals surface area contributed by atoms with Gasteiger partial charge < -0.3 is 4.74 Å². The van der Waals surface area contributed by atoms with Crippen LogP contribution in [-0.4, -0.2) is 33.3 Å². The van der Waals surface area contributed by atoms with Crippen molar-refractivity contribution in [3.63, 3.8) is 0 Å². The molecule has 0 aliphatic heterocycles. The molecule has 0 bridgehead atoms. The number of halogens is 1. The van der Waals surface area contributed by atoms with Gasteiger partial charge in [-0.1, -0.05) is 41.9 Å². The Morgan fingerprint density at radius 1 is 0.969 bits per heavy atom. The van der Waals surface area contributed by atoms with Crippen molar-refractivity contribution >= 4 is 40.7 Å². The van der Waals surface area contributed by atoms with E-state index in [2.05, 4.69) is 31.7 Å². The third kappa shape index (κ3) is 5.79. The second-order valence-electron chi connectivity index (χ2n) is 6.01. The summed E-state index contributed by atoms with van der Waals surface area (Å²) in [5.74, 6) is -1.39. The number of para-hydroxylation sites is 1. The van der Waals surface area contributed by atoms with E-state index >= 15 is 0 Å². The smallest absolute Gasteiger partial charge is 0.356 e. The third-order valence-corrected chi connectivity index (χ3v) is 4.18. The summed E-state index contributed by atoms with van der Waals surface area (Å²) in [6.45, 7) is -0.338. The van der Waals surface area contributed by atoms with E-state index < -0.39 is 22.4 Å². The summed E-state index contributed by atoms with van der Waals surface area (Å²) in [5.41, 5.74) is 8.79. The van der Waals surface area contributed by atoms with Crippen LogP contribution in [0.4, 0.5) is 17.3 Å². The minimum Gasteiger partial charge on any atom is -0.484 e. The maximum absolute atomic E-state index is 12.3. The molecule has 164 valence electrons. The molecule has 0 unspecified atom stereocenters. The van der Waals surface area contributed by atoms with Crippen molar-refractivity contribution in [2.24, 2.45) is 0 Å². The van der Waals surface area contributed by atoms with Crippen molar-refractivity contribution in [3.05, 3.63) is 81.6 Å². The average molecular weight is 458 g/mol. The van der Waals surface area contributed by atoms with Gasteiger partial charge in [-0.15, -0.1) is 0 Å². The van der Waals surface area contributed by atoms with Crippen molar-refractivity contribution < 1.29 is 19.2 Å². The van der Waals surface area contributed by atoms with E-state index in [1.807, 2.05) is 0 Å². The molecule has 0 aliphatic carbocycles. The molecule has 0 saturated carbocycles.